The Bertz CT molecular complexity index is 954. The quantitative estimate of drug-likeness (QED) is 0.859. The molecule has 0 aromatic heterocycles. The van der Waals surface area contributed by atoms with Crippen molar-refractivity contribution in [2.75, 3.05) is 19.6 Å². The Labute approximate surface area is 166 Å². The number of carbonyl (C=O) groups is 1. The zero-order valence-electron chi connectivity index (χ0n) is 15.8. The summed E-state index contributed by atoms with van der Waals surface area (Å²) >= 11 is 0. The smallest absolute Gasteiger partial charge is 0.317 e. The first-order chi connectivity index (χ1) is 13.5. The average Bonchev–Trinajstić information content (AvgIpc) is 3.28. The largest absolute Gasteiger partial charge is 0.334 e. The van der Waals surface area contributed by atoms with E-state index in [1.54, 1.807) is 21.3 Å². The summed E-state index contributed by atoms with van der Waals surface area (Å²) < 4.78 is 27.2. The highest BCUT2D eigenvalue weighted by Gasteiger charge is 2.29. The van der Waals surface area contributed by atoms with Gasteiger partial charge in [-0.25, -0.2) is 13.2 Å². The van der Waals surface area contributed by atoms with Gasteiger partial charge in [-0.15, -0.1) is 0 Å². The summed E-state index contributed by atoms with van der Waals surface area (Å²) in [6.45, 7) is 2.72. The fourth-order valence-corrected chi connectivity index (χ4v) is 5.40. The van der Waals surface area contributed by atoms with Gasteiger partial charge in [-0.1, -0.05) is 36.4 Å². The molecule has 0 atom stereocenters. The molecular weight excluding hydrogens is 374 g/mol. The summed E-state index contributed by atoms with van der Waals surface area (Å²) in [6.07, 6.45) is 2.57. The van der Waals surface area contributed by atoms with Gasteiger partial charge in [-0.2, -0.15) is 4.31 Å². The van der Waals surface area contributed by atoms with Crippen molar-refractivity contribution >= 4 is 16.1 Å². The fraction of sp³-hybridized carbons (Fsp3) is 0.381. The average molecular weight is 400 g/mol. The van der Waals surface area contributed by atoms with Crippen LogP contribution in [0.1, 0.15) is 29.5 Å². The molecule has 0 unspecified atom stereocenters. The maximum atomic E-state index is 12.8. The molecule has 2 aromatic rings. The van der Waals surface area contributed by atoms with Crippen molar-refractivity contribution in [1.29, 1.82) is 0 Å². The summed E-state index contributed by atoms with van der Waals surface area (Å²) in [4.78, 5) is 14.6. The molecule has 28 heavy (non-hydrogen) atoms. The summed E-state index contributed by atoms with van der Waals surface area (Å²) in [5.74, 6) is 0. The Balaban J connectivity index is 1.46. The second-order valence-corrected chi connectivity index (χ2v) is 9.30. The van der Waals surface area contributed by atoms with Gasteiger partial charge in [0.1, 0.15) is 0 Å². The highest BCUT2D eigenvalue weighted by molar-refractivity contribution is 7.89. The molecule has 0 aliphatic carbocycles. The molecule has 1 saturated heterocycles. The van der Waals surface area contributed by atoms with Crippen LogP contribution in [0.2, 0.25) is 0 Å². The van der Waals surface area contributed by atoms with Gasteiger partial charge in [0, 0.05) is 32.7 Å². The number of nitrogens with zero attached hydrogens (tertiary/aromatic N) is 2. The van der Waals surface area contributed by atoms with E-state index in [1.165, 1.54) is 0 Å². The molecule has 2 aromatic carbocycles. The van der Waals surface area contributed by atoms with E-state index in [1.807, 2.05) is 36.4 Å². The van der Waals surface area contributed by atoms with Gasteiger partial charge in [0.05, 0.1) is 4.90 Å². The molecule has 0 bridgehead atoms. The lowest BCUT2D eigenvalue weighted by molar-refractivity contribution is 0.192. The van der Waals surface area contributed by atoms with Gasteiger partial charge in [0.25, 0.3) is 0 Å². The van der Waals surface area contributed by atoms with E-state index >= 15 is 0 Å². The summed E-state index contributed by atoms with van der Waals surface area (Å²) in [5, 5.41) is 2.95. The van der Waals surface area contributed by atoms with E-state index in [0.29, 0.717) is 37.6 Å². The zero-order chi connectivity index (χ0) is 19.6. The van der Waals surface area contributed by atoms with Gasteiger partial charge >= 0.3 is 6.03 Å². The van der Waals surface area contributed by atoms with Gasteiger partial charge < -0.3 is 10.2 Å². The fourth-order valence-electron chi connectivity index (χ4n) is 3.83. The molecular formula is C21H25N3O3S. The Morgan fingerprint density at radius 1 is 0.964 bits per heavy atom. The van der Waals surface area contributed by atoms with Crippen LogP contribution in [0.3, 0.4) is 0 Å². The Morgan fingerprint density at radius 3 is 2.46 bits per heavy atom. The van der Waals surface area contributed by atoms with E-state index in [0.717, 1.165) is 36.0 Å². The van der Waals surface area contributed by atoms with Crippen molar-refractivity contribution in [3.05, 3.63) is 65.2 Å². The first-order valence-electron chi connectivity index (χ1n) is 9.73. The Hall–Kier alpha value is -2.38. The van der Waals surface area contributed by atoms with Crippen LogP contribution < -0.4 is 5.32 Å². The Kier molecular flexibility index (Phi) is 5.37. The highest BCUT2D eigenvalue weighted by atomic mass is 32.2. The van der Waals surface area contributed by atoms with Crippen molar-refractivity contribution in [1.82, 2.24) is 14.5 Å². The summed E-state index contributed by atoms with van der Waals surface area (Å²) in [5.41, 5.74) is 3.08. The molecule has 1 N–H and O–H groups in total. The topological polar surface area (TPSA) is 69.7 Å². The highest BCUT2D eigenvalue weighted by Crippen LogP contribution is 2.26. The molecule has 0 radical (unpaired) electrons. The third-order valence-corrected chi connectivity index (χ3v) is 7.36. The number of rotatable bonds is 4. The number of fused-ring (bicyclic) bond motifs is 1. The van der Waals surface area contributed by atoms with E-state index in [2.05, 4.69) is 5.32 Å². The number of sulfonamides is 1. The number of amides is 2. The predicted octanol–water partition coefficient (Wildman–Crippen LogP) is 2.74. The van der Waals surface area contributed by atoms with Crippen LogP contribution in [0.4, 0.5) is 4.79 Å². The lowest BCUT2D eigenvalue weighted by Crippen LogP contribution is -2.42. The van der Waals surface area contributed by atoms with Gasteiger partial charge in [0.2, 0.25) is 10.0 Å². The molecule has 7 heteroatoms. The molecule has 2 amide bonds. The number of hydrogen-bond donors (Lipinski definition) is 1. The third-order valence-electron chi connectivity index (χ3n) is 5.47. The molecule has 148 valence electrons. The lowest BCUT2D eigenvalue weighted by atomic mass is 10.0. The van der Waals surface area contributed by atoms with E-state index in [4.69, 9.17) is 0 Å². The minimum Gasteiger partial charge on any atom is -0.334 e. The number of nitrogens with one attached hydrogen (secondary N) is 1. The predicted molar refractivity (Wildman–Crippen MR) is 107 cm³/mol. The van der Waals surface area contributed by atoms with Crippen molar-refractivity contribution in [2.45, 2.75) is 37.2 Å². The van der Waals surface area contributed by atoms with Crippen molar-refractivity contribution < 1.29 is 13.2 Å². The normalized spacial score (nSPS) is 17.4. The lowest BCUT2D eigenvalue weighted by Gasteiger charge is -2.29. The van der Waals surface area contributed by atoms with Gasteiger partial charge in [-0.3, -0.25) is 0 Å². The van der Waals surface area contributed by atoms with Crippen molar-refractivity contribution in [3.63, 3.8) is 0 Å². The second kappa shape index (κ2) is 7.93. The van der Waals surface area contributed by atoms with Crippen LogP contribution >= 0.6 is 0 Å². The molecule has 4 rings (SSSR count). The molecule has 2 heterocycles. The summed E-state index contributed by atoms with van der Waals surface area (Å²) in [6, 6.07) is 15.0. The van der Waals surface area contributed by atoms with Crippen LogP contribution in [-0.2, 0) is 29.5 Å². The second-order valence-electron chi connectivity index (χ2n) is 7.36. The molecule has 0 spiro atoms. The van der Waals surface area contributed by atoms with E-state index in [-0.39, 0.29) is 6.03 Å². The number of urea groups is 1. The van der Waals surface area contributed by atoms with E-state index < -0.39 is 10.0 Å². The first-order valence-corrected chi connectivity index (χ1v) is 11.2. The molecule has 2 aliphatic heterocycles. The van der Waals surface area contributed by atoms with Crippen LogP contribution in [0.25, 0.3) is 0 Å². The molecule has 0 saturated carbocycles. The monoisotopic (exact) mass is 399 g/mol. The van der Waals surface area contributed by atoms with Gasteiger partial charge in [-0.05, 0) is 48.1 Å². The maximum Gasteiger partial charge on any atom is 0.317 e. The number of benzene rings is 2. The maximum absolute atomic E-state index is 12.8. The van der Waals surface area contributed by atoms with Crippen LogP contribution in [0, 0.1) is 0 Å². The Morgan fingerprint density at radius 2 is 1.71 bits per heavy atom. The van der Waals surface area contributed by atoms with Crippen LogP contribution in [0.15, 0.2) is 53.4 Å². The molecule has 2 aliphatic rings. The van der Waals surface area contributed by atoms with Crippen LogP contribution in [-0.4, -0.2) is 43.3 Å². The van der Waals surface area contributed by atoms with Crippen LogP contribution in [0.5, 0.6) is 0 Å². The number of carbonyl (C=O) groups excluding carboxylic acids is 1. The molecule has 6 nitrogen and oxygen atoms in total. The first kappa shape index (κ1) is 19.0. The SMILES string of the molecule is O=C(NCc1ccccc1)N1CCc2ccc(S(=O)(=O)N3CCCC3)cc2C1. The van der Waals surface area contributed by atoms with Crippen molar-refractivity contribution in [3.8, 4) is 0 Å². The zero-order valence-corrected chi connectivity index (χ0v) is 16.6. The summed E-state index contributed by atoms with van der Waals surface area (Å²) in [7, 11) is -3.44. The van der Waals surface area contributed by atoms with Gasteiger partial charge in [0.15, 0.2) is 0 Å². The third kappa shape index (κ3) is 3.91. The van der Waals surface area contributed by atoms with Crippen molar-refractivity contribution in [2.24, 2.45) is 0 Å². The number of hydrogen-bond acceptors (Lipinski definition) is 3. The molecule has 1 fully saturated rings. The minimum atomic E-state index is -3.44. The van der Waals surface area contributed by atoms with E-state index in [9.17, 15) is 13.2 Å². The standard InChI is InChI=1S/C21H25N3O3S/c25-21(22-15-17-6-2-1-3-7-17)23-13-10-18-8-9-20(14-19(18)16-23)28(26,27)24-11-4-5-12-24/h1-3,6-9,14H,4-5,10-13,15-16H2,(H,22,25). The minimum absolute atomic E-state index is 0.123.